The zero-order valence-corrected chi connectivity index (χ0v) is 12.0. The van der Waals surface area contributed by atoms with E-state index < -0.39 is 0 Å². The van der Waals surface area contributed by atoms with Crippen LogP contribution in [0, 0.1) is 6.92 Å². The monoisotopic (exact) mass is 259 g/mol. The molecule has 0 aliphatic heterocycles. The Morgan fingerprint density at radius 3 is 2.79 bits per heavy atom. The van der Waals surface area contributed by atoms with Gasteiger partial charge in [-0.25, -0.2) is 0 Å². The SMILES string of the molecule is CNC(C)Cc1noc(C(C)c2cccc(C)c2)n1. The molecule has 102 valence electrons. The zero-order chi connectivity index (χ0) is 13.8. The Balaban J connectivity index is 2.14. The van der Waals surface area contributed by atoms with E-state index in [1.807, 2.05) is 7.05 Å². The summed E-state index contributed by atoms with van der Waals surface area (Å²) in [6.07, 6.45) is 0.778. The van der Waals surface area contributed by atoms with Gasteiger partial charge in [-0.05, 0) is 33.4 Å². The largest absolute Gasteiger partial charge is 0.339 e. The highest BCUT2D eigenvalue weighted by atomic mass is 16.5. The van der Waals surface area contributed by atoms with Gasteiger partial charge in [-0.15, -0.1) is 0 Å². The van der Waals surface area contributed by atoms with Crippen molar-refractivity contribution in [1.29, 1.82) is 0 Å². The summed E-state index contributed by atoms with van der Waals surface area (Å²) < 4.78 is 5.38. The molecule has 4 nitrogen and oxygen atoms in total. The van der Waals surface area contributed by atoms with Crippen LogP contribution in [-0.2, 0) is 6.42 Å². The number of benzene rings is 1. The fourth-order valence-corrected chi connectivity index (χ4v) is 1.98. The molecule has 0 aliphatic rings. The van der Waals surface area contributed by atoms with Crippen LogP contribution in [0.1, 0.15) is 42.6 Å². The van der Waals surface area contributed by atoms with Gasteiger partial charge in [-0.3, -0.25) is 0 Å². The van der Waals surface area contributed by atoms with Crippen LogP contribution in [0.5, 0.6) is 0 Å². The second kappa shape index (κ2) is 5.97. The maximum Gasteiger partial charge on any atom is 0.233 e. The van der Waals surface area contributed by atoms with Crippen LogP contribution >= 0.6 is 0 Å². The molecule has 19 heavy (non-hydrogen) atoms. The van der Waals surface area contributed by atoms with Crippen molar-refractivity contribution in [2.45, 2.75) is 39.2 Å². The van der Waals surface area contributed by atoms with E-state index in [0.717, 1.165) is 12.2 Å². The van der Waals surface area contributed by atoms with E-state index in [1.54, 1.807) is 0 Å². The lowest BCUT2D eigenvalue weighted by Gasteiger charge is -2.07. The standard InChI is InChI=1S/C15H21N3O/c1-10-6-5-7-13(8-10)12(3)15-17-14(18-19-15)9-11(2)16-4/h5-8,11-12,16H,9H2,1-4H3. The molecule has 2 rings (SSSR count). The summed E-state index contributed by atoms with van der Waals surface area (Å²) in [6, 6.07) is 8.74. The molecule has 0 aliphatic carbocycles. The lowest BCUT2D eigenvalue weighted by atomic mass is 9.99. The third kappa shape index (κ3) is 3.41. The molecule has 0 bridgehead atoms. The summed E-state index contributed by atoms with van der Waals surface area (Å²) in [5, 5.41) is 7.22. The Kier molecular flexibility index (Phi) is 4.32. The molecule has 4 heteroatoms. The minimum atomic E-state index is 0.131. The van der Waals surface area contributed by atoms with Gasteiger partial charge >= 0.3 is 0 Å². The number of nitrogens with one attached hydrogen (secondary N) is 1. The predicted molar refractivity (Wildman–Crippen MR) is 75.2 cm³/mol. The van der Waals surface area contributed by atoms with Crippen LogP contribution < -0.4 is 5.32 Å². The molecular weight excluding hydrogens is 238 g/mol. The van der Waals surface area contributed by atoms with Crippen molar-refractivity contribution in [3.63, 3.8) is 0 Å². The van der Waals surface area contributed by atoms with Crippen molar-refractivity contribution >= 4 is 0 Å². The molecule has 0 spiro atoms. The number of rotatable bonds is 5. The quantitative estimate of drug-likeness (QED) is 0.897. The Bertz CT molecular complexity index is 536. The highest BCUT2D eigenvalue weighted by Gasteiger charge is 2.17. The molecule has 0 saturated heterocycles. The lowest BCUT2D eigenvalue weighted by Crippen LogP contribution is -2.24. The van der Waals surface area contributed by atoms with Gasteiger partial charge in [0.15, 0.2) is 5.82 Å². The van der Waals surface area contributed by atoms with E-state index >= 15 is 0 Å². The molecule has 0 radical (unpaired) electrons. The van der Waals surface area contributed by atoms with Crippen molar-refractivity contribution in [3.8, 4) is 0 Å². The molecule has 1 N–H and O–H groups in total. The summed E-state index contributed by atoms with van der Waals surface area (Å²) in [6.45, 7) is 6.28. The summed E-state index contributed by atoms with van der Waals surface area (Å²) in [5.41, 5.74) is 2.45. The maximum atomic E-state index is 5.38. The van der Waals surface area contributed by atoms with Crippen molar-refractivity contribution in [2.24, 2.45) is 0 Å². The molecule has 2 aromatic rings. The van der Waals surface area contributed by atoms with Crippen LogP contribution in [0.25, 0.3) is 0 Å². The van der Waals surface area contributed by atoms with E-state index in [0.29, 0.717) is 11.9 Å². The molecule has 2 unspecified atom stereocenters. The molecule has 1 heterocycles. The van der Waals surface area contributed by atoms with Gasteiger partial charge < -0.3 is 9.84 Å². The number of aryl methyl sites for hydroxylation is 1. The number of likely N-dealkylation sites (N-methyl/N-ethyl adjacent to an activating group) is 1. The summed E-state index contributed by atoms with van der Waals surface area (Å²) >= 11 is 0. The van der Waals surface area contributed by atoms with E-state index in [1.165, 1.54) is 11.1 Å². The predicted octanol–water partition coefficient (Wildman–Crippen LogP) is 2.68. The first-order chi connectivity index (χ1) is 9.10. The van der Waals surface area contributed by atoms with Gasteiger partial charge in [-0.2, -0.15) is 4.98 Å². The Labute approximate surface area is 114 Å². The fraction of sp³-hybridized carbons (Fsp3) is 0.467. The van der Waals surface area contributed by atoms with Gasteiger partial charge in [0.2, 0.25) is 5.89 Å². The van der Waals surface area contributed by atoms with Gasteiger partial charge in [0.05, 0.1) is 5.92 Å². The molecule has 2 atom stereocenters. The minimum Gasteiger partial charge on any atom is -0.339 e. The van der Waals surface area contributed by atoms with Crippen molar-refractivity contribution in [1.82, 2.24) is 15.5 Å². The summed E-state index contributed by atoms with van der Waals surface area (Å²) in [4.78, 5) is 4.49. The van der Waals surface area contributed by atoms with Crippen molar-refractivity contribution < 1.29 is 4.52 Å². The average molecular weight is 259 g/mol. The number of aromatic nitrogens is 2. The van der Waals surface area contributed by atoms with Crippen LogP contribution in [0.15, 0.2) is 28.8 Å². The fourth-order valence-electron chi connectivity index (χ4n) is 1.98. The van der Waals surface area contributed by atoms with Crippen LogP contribution in [0.3, 0.4) is 0 Å². The molecule has 0 saturated carbocycles. The second-order valence-corrected chi connectivity index (χ2v) is 5.08. The summed E-state index contributed by atoms with van der Waals surface area (Å²) in [7, 11) is 1.93. The number of nitrogens with zero attached hydrogens (tertiary/aromatic N) is 2. The smallest absolute Gasteiger partial charge is 0.233 e. The van der Waals surface area contributed by atoms with Crippen molar-refractivity contribution in [3.05, 3.63) is 47.1 Å². The van der Waals surface area contributed by atoms with Gasteiger partial charge in [0, 0.05) is 12.5 Å². The molecule has 1 aromatic carbocycles. The minimum absolute atomic E-state index is 0.131. The van der Waals surface area contributed by atoms with Gasteiger partial charge in [-0.1, -0.05) is 35.0 Å². The first kappa shape index (κ1) is 13.7. The third-order valence-corrected chi connectivity index (χ3v) is 3.38. The Hall–Kier alpha value is -1.68. The third-order valence-electron chi connectivity index (χ3n) is 3.38. The highest BCUT2D eigenvalue weighted by Crippen LogP contribution is 2.23. The molecule has 0 amide bonds. The maximum absolute atomic E-state index is 5.38. The first-order valence-electron chi connectivity index (χ1n) is 6.66. The van der Waals surface area contributed by atoms with E-state index in [-0.39, 0.29) is 5.92 Å². The number of hydrogen-bond donors (Lipinski definition) is 1. The lowest BCUT2D eigenvalue weighted by molar-refractivity contribution is 0.364. The van der Waals surface area contributed by atoms with Gasteiger partial charge in [0.25, 0.3) is 0 Å². The Morgan fingerprint density at radius 1 is 1.32 bits per heavy atom. The van der Waals surface area contributed by atoms with E-state index in [9.17, 15) is 0 Å². The van der Waals surface area contributed by atoms with Crippen molar-refractivity contribution in [2.75, 3.05) is 7.05 Å². The Morgan fingerprint density at radius 2 is 2.11 bits per heavy atom. The van der Waals surface area contributed by atoms with E-state index in [4.69, 9.17) is 4.52 Å². The molecule has 0 fully saturated rings. The van der Waals surface area contributed by atoms with E-state index in [2.05, 4.69) is 60.5 Å². The highest BCUT2D eigenvalue weighted by molar-refractivity contribution is 5.28. The first-order valence-corrected chi connectivity index (χ1v) is 6.66. The average Bonchev–Trinajstić information content (AvgIpc) is 2.86. The van der Waals surface area contributed by atoms with Crippen LogP contribution in [0.2, 0.25) is 0 Å². The molecular formula is C15H21N3O. The second-order valence-electron chi connectivity index (χ2n) is 5.08. The molecule has 1 aromatic heterocycles. The topological polar surface area (TPSA) is 51.0 Å². The number of hydrogen-bond acceptors (Lipinski definition) is 4. The normalized spacial score (nSPS) is 14.3. The summed E-state index contributed by atoms with van der Waals surface area (Å²) in [5.74, 6) is 1.58. The van der Waals surface area contributed by atoms with Gasteiger partial charge in [0.1, 0.15) is 0 Å². The zero-order valence-electron chi connectivity index (χ0n) is 12.0. The van der Waals surface area contributed by atoms with Crippen LogP contribution in [-0.4, -0.2) is 23.2 Å². The van der Waals surface area contributed by atoms with Crippen LogP contribution in [0.4, 0.5) is 0 Å².